The van der Waals surface area contributed by atoms with E-state index in [4.69, 9.17) is 0 Å². The maximum atomic E-state index is 12.6. The SMILES string of the molecule is O=C(O)[C@H]1C[C@@H](O)CN1C(=O)C1Cc2ccccc2CN1. The summed E-state index contributed by atoms with van der Waals surface area (Å²) in [6.45, 7) is 0.691. The van der Waals surface area contributed by atoms with Crippen molar-refractivity contribution in [1.29, 1.82) is 0 Å². The predicted octanol–water partition coefficient (Wildman–Crippen LogP) is -0.253. The Hall–Kier alpha value is -1.92. The Kier molecular flexibility index (Phi) is 3.65. The van der Waals surface area contributed by atoms with Crippen molar-refractivity contribution in [3.63, 3.8) is 0 Å². The van der Waals surface area contributed by atoms with Gasteiger partial charge in [-0.3, -0.25) is 4.79 Å². The third kappa shape index (κ3) is 2.64. The monoisotopic (exact) mass is 290 g/mol. The van der Waals surface area contributed by atoms with Crippen molar-refractivity contribution in [2.24, 2.45) is 0 Å². The highest BCUT2D eigenvalue weighted by molar-refractivity contribution is 5.88. The molecule has 0 radical (unpaired) electrons. The number of carbonyl (C=O) groups is 2. The highest BCUT2D eigenvalue weighted by Gasteiger charge is 2.41. The number of carboxylic acids is 1. The summed E-state index contributed by atoms with van der Waals surface area (Å²) < 4.78 is 0. The summed E-state index contributed by atoms with van der Waals surface area (Å²) >= 11 is 0. The van der Waals surface area contributed by atoms with Crippen molar-refractivity contribution < 1.29 is 19.8 Å². The third-order valence-corrected chi connectivity index (χ3v) is 4.23. The molecule has 0 aromatic heterocycles. The lowest BCUT2D eigenvalue weighted by atomic mass is 9.95. The van der Waals surface area contributed by atoms with Gasteiger partial charge in [-0.05, 0) is 17.5 Å². The number of nitrogens with zero attached hydrogens (tertiary/aromatic N) is 1. The number of aliphatic carboxylic acids is 1. The Morgan fingerprint density at radius 3 is 2.67 bits per heavy atom. The van der Waals surface area contributed by atoms with E-state index in [0.717, 1.165) is 11.1 Å². The first kappa shape index (κ1) is 14.0. The van der Waals surface area contributed by atoms with Crippen LogP contribution >= 0.6 is 0 Å². The second-order valence-corrected chi connectivity index (χ2v) is 5.64. The van der Waals surface area contributed by atoms with Crippen LogP contribution in [0.25, 0.3) is 0 Å². The van der Waals surface area contributed by atoms with Gasteiger partial charge in [0, 0.05) is 19.5 Å². The van der Waals surface area contributed by atoms with E-state index in [-0.39, 0.29) is 18.9 Å². The second kappa shape index (κ2) is 5.46. The number of nitrogens with one attached hydrogen (secondary N) is 1. The van der Waals surface area contributed by atoms with E-state index in [2.05, 4.69) is 5.32 Å². The fourth-order valence-electron chi connectivity index (χ4n) is 3.12. The Bertz CT molecular complexity index is 575. The molecule has 6 nitrogen and oxygen atoms in total. The first-order valence-electron chi connectivity index (χ1n) is 7.08. The van der Waals surface area contributed by atoms with Gasteiger partial charge >= 0.3 is 5.97 Å². The molecule has 1 aromatic rings. The lowest BCUT2D eigenvalue weighted by Crippen LogP contribution is -2.52. The molecule has 112 valence electrons. The van der Waals surface area contributed by atoms with Crippen LogP contribution in [-0.2, 0) is 22.6 Å². The Labute approximate surface area is 122 Å². The second-order valence-electron chi connectivity index (χ2n) is 5.64. The Morgan fingerprint density at radius 1 is 1.24 bits per heavy atom. The van der Waals surface area contributed by atoms with Gasteiger partial charge < -0.3 is 20.4 Å². The molecular weight excluding hydrogens is 272 g/mol. The Balaban J connectivity index is 1.76. The lowest BCUT2D eigenvalue weighted by Gasteiger charge is -2.30. The molecule has 1 saturated heterocycles. The van der Waals surface area contributed by atoms with Crippen LogP contribution in [0.4, 0.5) is 0 Å². The first-order chi connectivity index (χ1) is 10.1. The van der Waals surface area contributed by atoms with Gasteiger partial charge in [0.1, 0.15) is 6.04 Å². The minimum atomic E-state index is -1.06. The number of carbonyl (C=O) groups excluding carboxylic acids is 1. The zero-order chi connectivity index (χ0) is 15.0. The fourth-order valence-corrected chi connectivity index (χ4v) is 3.12. The summed E-state index contributed by atoms with van der Waals surface area (Å²) in [5, 5.41) is 22.0. The molecule has 2 aliphatic heterocycles. The van der Waals surface area contributed by atoms with Gasteiger partial charge in [-0.15, -0.1) is 0 Å². The highest BCUT2D eigenvalue weighted by atomic mass is 16.4. The quantitative estimate of drug-likeness (QED) is 0.699. The summed E-state index contributed by atoms with van der Waals surface area (Å²) in [6.07, 6.45) is -0.107. The zero-order valence-corrected chi connectivity index (χ0v) is 11.5. The number of hydrogen-bond acceptors (Lipinski definition) is 4. The summed E-state index contributed by atoms with van der Waals surface area (Å²) in [5.41, 5.74) is 2.28. The number of aliphatic hydroxyl groups excluding tert-OH is 1. The summed E-state index contributed by atoms with van der Waals surface area (Å²) in [4.78, 5) is 25.1. The van der Waals surface area contributed by atoms with Gasteiger partial charge in [0.15, 0.2) is 0 Å². The molecule has 3 atom stereocenters. The van der Waals surface area contributed by atoms with Crippen molar-refractivity contribution in [2.45, 2.75) is 37.6 Å². The van der Waals surface area contributed by atoms with Crippen LogP contribution in [0.3, 0.4) is 0 Å². The van der Waals surface area contributed by atoms with Gasteiger partial charge in [0.2, 0.25) is 5.91 Å². The van der Waals surface area contributed by atoms with Crippen molar-refractivity contribution in [1.82, 2.24) is 10.2 Å². The van der Waals surface area contributed by atoms with Crippen molar-refractivity contribution >= 4 is 11.9 Å². The molecule has 1 amide bonds. The van der Waals surface area contributed by atoms with Crippen LogP contribution < -0.4 is 5.32 Å². The van der Waals surface area contributed by atoms with E-state index in [1.165, 1.54) is 4.90 Å². The van der Waals surface area contributed by atoms with E-state index in [1.54, 1.807) is 0 Å². The topological polar surface area (TPSA) is 89.9 Å². The molecule has 3 N–H and O–H groups in total. The summed E-state index contributed by atoms with van der Waals surface area (Å²) in [7, 11) is 0. The molecule has 0 spiro atoms. The van der Waals surface area contributed by atoms with E-state index in [1.807, 2.05) is 24.3 Å². The molecular formula is C15H18N2O4. The zero-order valence-electron chi connectivity index (χ0n) is 11.5. The third-order valence-electron chi connectivity index (χ3n) is 4.23. The molecule has 2 heterocycles. The van der Waals surface area contributed by atoms with Crippen molar-refractivity contribution in [3.05, 3.63) is 35.4 Å². The number of aliphatic hydroxyl groups is 1. The van der Waals surface area contributed by atoms with Crippen LogP contribution in [0.2, 0.25) is 0 Å². The number of carboxylic acid groups (broad SMARTS) is 1. The average Bonchev–Trinajstić information content (AvgIpc) is 2.88. The molecule has 1 unspecified atom stereocenters. The van der Waals surface area contributed by atoms with Crippen LogP contribution in [0, 0.1) is 0 Å². The number of benzene rings is 1. The van der Waals surface area contributed by atoms with Gasteiger partial charge in [-0.2, -0.15) is 0 Å². The molecule has 1 fully saturated rings. The summed E-state index contributed by atoms with van der Waals surface area (Å²) in [5.74, 6) is -1.30. The van der Waals surface area contributed by atoms with E-state index >= 15 is 0 Å². The number of amides is 1. The number of β-amino-alcohol motifs (C(OH)–C–C–N with tert-alkyl or cyclic N) is 1. The smallest absolute Gasteiger partial charge is 0.326 e. The van der Waals surface area contributed by atoms with Crippen LogP contribution in [0.15, 0.2) is 24.3 Å². The molecule has 2 aliphatic rings. The molecule has 21 heavy (non-hydrogen) atoms. The molecule has 0 aliphatic carbocycles. The number of fused-ring (bicyclic) bond motifs is 1. The lowest BCUT2D eigenvalue weighted by molar-refractivity contribution is -0.149. The van der Waals surface area contributed by atoms with E-state index < -0.39 is 24.2 Å². The normalized spacial score (nSPS) is 28.2. The van der Waals surface area contributed by atoms with Crippen LogP contribution in [0.1, 0.15) is 17.5 Å². The predicted molar refractivity (Wildman–Crippen MR) is 74.5 cm³/mol. The van der Waals surface area contributed by atoms with Crippen LogP contribution in [-0.4, -0.2) is 51.7 Å². The van der Waals surface area contributed by atoms with Gasteiger partial charge in [-0.1, -0.05) is 24.3 Å². The average molecular weight is 290 g/mol. The van der Waals surface area contributed by atoms with Gasteiger partial charge in [0.25, 0.3) is 0 Å². The van der Waals surface area contributed by atoms with Gasteiger partial charge in [-0.25, -0.2) is 4.79 Å². The molecule has 0 saturated carbocycles. The largest absolute Gasteiger partial charge is 0.480 e. The molecule has 6 heteroatoms. The van der Waals surface area contributed by atoms with Gasteiger partial charge in [0.05, 0.1) is 12.1 Å². The molecule has 1 aromatic carbocycles. The summed E-state index contributed by atoms with van der Waals surface area (Å²) in [6, 6.07) is 6.55. The van der Waals surface area contributed by atoms with E-state index in [9.17, 15) is 19.8 Å². The van der Waals surface area contributed by atoms with E-state index in [0.29, 0.717) is 13.0 Å². The number of rotatable bonds is 2. The minimum Gasteiger partial charge on any atom is -0.480 e. The maximum absolute atomic E-state index is 12.6. The van der Waals surface area contributed by atoms with Crippen LogP contribution in [0.5, 0.6) is 0 Å². The molecule has 0 bridgehead atoms. The first-order valence-corrected chi connectivity index (χ1v) is 7.08. The van der Waals surface area contributed by atoms with Crippen molar-refractivity contribution in [3.8, 4) is 0 Å². The number of likely N-dealkylation sites (tertiary alicyclic amines) is 1. The number of hydrogen-bond donors (Lipinski definition) is 3. The minimum absolute atomic E-state index is 0.0929. The maximum Gasteiger partial charge on any atom is 0.326 e. The standard InChI is InChI=1S/C15H18N2O4/c18-11-6-13(15(20)21)17(8-11)14(19)12-5-9-3-1-2-4-10(9)7-16-12/h1-4,11-13,16,18H,5-8H2,(H,20,21)/t11-,12?,13-/m1/s1. The van der Waals surface area contributed by atoms with Crippen molar-refractivity contribution in [2.75, 3.05) is 6.54 Å². The molecule has 3 rings (SSSR count). The highest BCUT2D eigenvalue weighted by Crippen LogP contribution is 2.22. The Morgan fingerprint density at radius 2 is 1.95 bits per heavy atom. The fraction of sp³-hybridized carbons (Fsp3) is 0.467.